The molecule has 0 aromatic carbocycles. The van der Waals surface area contributed by atoms with E-state index in [1.165, 1.54) is 165 Å². The van der Waals surface area contributed by atoms with Crippen molar-refractivity contribution >= 4 is 0 Å². The lowest BCUT2D eigenvalue weighted by Crippen LogP contribution is -3.00. The second-order valence-corrected chi connectivity index (χ2v) is 10.2. The third-order valence-electron chi connectivity index (χ3n) is 7.19. The molecule has 0 heterocycles. The highest BCUT2D eigenvalue weighted by Gasteiger charge is 2.25. The number of unbranched alkanes of at least 4 members (excludes halogenated alkanes) is 17. The van der Waals surface area contributed by atoms with Crippen LogP contribution in [-0.2, 0) is 0 Å². The van der Waals surface area contributed by atoms with Crippen molar-refractivity contribution in [3.63, 3.8) is 0 Å². The summed E-state index contributed by atoms with van der Waals surface area (Å²) < 4.78 is 1.47. The molecule has 0 aliphatic carbocycles. The standard InChI is InChI=1S/C29H62N.ClH/c1-5-9-13-17-18-19-20-21-25-29-30(26-22-14-10-6-2,27-23-15-11-7-3)28-24-16-12-8-4;/h5-29H2,1-4H3;1H/q+1;/p-1. The van der Waals surface area contributed by atoms with Gasteiger partial charge in [-0.15, -0.1) is 0 Å². The molecule has 0 aliphatic heterocycles. The van der Waals surface area contributed by atoms with E-state index in [4.69, 9.17) is 0 Å². The average molecular weight is 460 g/mol. The first-order valence-corrected chi connectivity index (χ1v) is 14.6. The van der Waals surface area contributed by atoms with Crippen LogP contribution in [0.5, 0.6) is 0 Å². The van der Waals surface area contributed by atoms with Crippen molar-refractivity contribution in [2.24, 2.45) is 0 Å². The maximum absolute atomic E-state index is 2.35. The summed E-state index contributed by atoms with van der Waals surface area (Å²) in [5, 5.41) is 0. The Kier molecular flexibility index (Phi) is 28.6. The van der Waals surface area contributed by atoms with Gasteiger partial charge in [0, 0.05) is 0 Å². The van der Waals surface area contributed by atoms with E-state index in [0.717, 1.165) is 0 Å². The van der Waals surface area contributed by atoms with Crippen LogP contribution in [0.25, 0.3) is 0 Å². The van der Waals surface area contributed by atoms with Gasteiger partial charge in [0.25, 0.3) is 0 Å². The zero-order valence-electron chi connectivity index (χ0n) is 22.5. The second kappa shape index (κ2) is 26.5. The van der Waals surface area contributed by atoms with Gasteiger partial charge in [0.1, 0.15) is 0 Å². The number of hydrogen-bond donors (Lipinski definition) is 0. The van der Waals surface area contributed by atoms with Gasteiger partial charge in [0.05, 0.1) is 26.2 Å². The zero-order chi connectivity index (χ0) is 22.2. The molecule has 0 atom stereocenters. The van der Waals surface area contributed by atoms with Gasteiger partial charge in [-0.3, -0.25) is 0 Å². The molecule has 1 nitrogen and oxygen atoms in total. The van der Waals surface area contributed by atoms with E-state index in [2.05, 4.69) is 27.7 Å². The summed E-state index contributed by atoms with van der Waals surface area (Å²) in [6, 6.07) is 0. The Morgan fingerprint density at radius 1 is 0.290 bits per heavy atom. The summed E-state index contributed by atoms with van der Waals surface area (Å²) >= 11 is 0. The summed E-state index contributed by atoms with van der Waals surface area (Å²) in [7, 11) is 0. The van der Waals surface area contributed by atoms with Crippen molar-refractivity contribution < 1.29 is 16.9 Å². The van der Waals surface area contributed by atoms with Crippen molar-refractivity contribution in [1.29, 1.82) is 0 Å². The van der Waals surface area contributed by atoms with E-state index in [1.54, 1.807) is 0 Å². The highest BCUT2D eigenvalue weighted by Crippen LogP contribution is 2.20. The van der Waals surface area contributed by atoms with Crippen molar-refractivity contribution in [2.45, 2.75) is 163 Å². The van der Waals surface area contributed by atoms with Crippen molar-refractivity contribution in [2.75, 3.05) is 26.2 Å². The Morgan fingerprint density at radius 2 is 0.484 bits per heavy atom. The number of hydrogen-bond acceptors (Lipinski definition) is 0. The van der Waals surface area contributed by atoms with E-state index in [1.807, 2.05) is 0 Å². The van der Waals surface area contributed by atoms with Gasteiger partial charge in [-0.05, 0) is 51.4 Å². The Morgan fingerprint density at radius 3 is 0.742 bits per heavy atom. The van der Waals surface area contributed by atoms with Crippen LogP contribution in [0.1, 0.15) is 163 Å². The molecule has 0 aliphatic rings. The van der Waals surface area contributed by atoms with Crippen LogP contribution in [0.15, 0.2) is 0 Å². The van der Waals surface area contributed by atoms with Crippen LogP contribution in [0, 0.1) is 0 Å². The Balaban J connectivity index is 0. The molecule has 0 bridgehead atoms. The molecule has 0 radical (unpaired) electrons. The summed E-state index contributed by atoms with van der Waals surface area (Å²) in [5.74, 6) is 0. The predicted octanol–water partition coefficient (Wildman–Crippen LogP) is 7.08. The molecule has 0 aromatic rings. The lowest BCUT2D eigenvalue weighted by atomic mass is 10.0. The van der Waals surface area contributed by atoms with Gasteiger partial charge in [-0.25, -0.2) is 0 Å². The molecule has 0 N–H and O–H groups in total. The summed E-state index contributed by atoms with van der Waals surface area (Å²) in [6.45, 7) is 15.2. The van der Waals surface area contributed by atoms with E-state index >= 15 is 0 Å². The summed E-state index contributed by atoms with van der Waals surface area (Å²) in [5.41, 5.74) is 0. The van der Waals surface area contributed by atoms with Crippen LogP contribution in [-0.4, -0.2) is 30.7 Å². The summed E-state index contributed by atoms with van der Waals surface area (Å²) in [4.78, 5) is 0. The summed E-state index contributed by atoms with van der Waals surface area (Å²) in [6.07, 6.45) is 30.3. The molecule has 0 rings (SSSR count). The molecule has 2 heteroatoms. The quantitative estimate of drug-likeness (QED) is 0.101. The van der Waals surface area contributed by atoms with Crippen LogP contribution in [0.4, 0.5) is 0 Å². The third kappa shape index (κ3) is 21.8. The Labute approximate surface area is 205 Å². The highest BCUT2D eigenvalue weighted by atomic mass is 35.5. The maximum Gasteiger partial charge on any atom is 0.0786 e. The number of nitrogens with zero attached hydrogens (tertiary/aromatic N) is 1. The molecule has 0 aromatic heterocycles. The number of rotatable bonds is 25. The molecule has 0 amide bonds. The first-order valence-electron chi connectivity index (χ1n) is 14.6. The van der Waals surface area contributed by atoms with Crippen LogP contribution in [0.3, 0.4) is 0 Å². The van der Waals surface area contributed by atoms with Gasteiger partial charge >= 0.3 is 0 Å². The fraction of sp³-hybridized carbons (Fsp3) is 1.00. The largest absolute Gasteiger partial charge is 1.00 e. The second-order valence-electron chi connectivity index (χ2n) is 10.2. The van der Waals surface area contributed by atoms with Crippen molar-refractivity contribution in [1.82, 2.24) is 0 Å². The Hall–Kier alpha value is 0.250. The van der Waals surface area contributed by atoms with Crippen molar-refractivity contribution in [3.05, 3.63) is 0 Å². The molecule has 0 saturated heterocycles. The fourth-order valence-electron chi connectivity index (χ4n) is 5.05. The SMILES string of the molecule is CCCCCCCCCCC[N+](CCCCCC)(CCCCCC)CCCCCC.[Cl-]. The minimum Gasteiger partial charge on any atom is -1.00 e. The smallest absolute Gasteiger partial charge is 0.0786 e. The predicted molar refractivity (Wildman–Crippen MR) is 139 cm³/mol. The molecular formula is C29H62ClN. The normalized spacial score (nSPS) is 11.6. The van der Waals surface area contributed by atoms with Crippen LogP contribution < -0.4 is 12.4 Å². The van der Waals surface area contributed by atoms with Crippen molar-refractivity contribution in [3.8, 4) is 0 Å². The lowest BCUT2D eigenvalue weighted by Gasteiger charge is -2.39. The first-order chi connectivity index (χ1) is 14.7. The number of halogens is 1. The van der Waals surface area contributed by atoms with E-state index < -0.39 is 0 Å². The van der Waals surface area contributed by atoms with Crippen LogP contribution in [0.2, 0.25) is 0 Å². The Bertz CT molecular complexity index is 287. The van der Waals surface area contributed by atoms with Gasteiger partial charge in [0.15, 0.2) is 0 Å². The molecule has 0 spiro atoms. The highest BCUT2D eigenvalue weighted by molar-refractivity contribution is 4.54. The molecule has 31 heavy (non-hydrogen) atoms. The molecular weight excluding hydrogens is 398 g/mol. The van der Waals surface area contributed by atoms with Gasteiger partial charge in [-0.1, -0.05) is 111 Å². The van der Waals surface area contributed by atoms with E-state index in [9.17, 15) is 0 Å². The fourth-order valence-corrected chi connectivity index (χ4v) is 5.05. The zero-order valence-corrected chi connectivity index (χ0v) is 23.3. The molecule has 0 unspecified atom stereocenters. The van der Waals surface area contributed by atoms with E-state index in [-0.39, 0.29) is 12.4 Å². The van der Waals surface area contributed by atoms with Gasteiger partial charge < -0.3 is 16.9 Å². The number of quaternary nitrogens is 1. The monoisotopic (exact) mass is 459 g/mol. The molecule has 0 saturated carbocycles. The lowest BCUT2D eigenvalue weighted by molar-refractivity contribution is -0.929. The first kappa shape index (κ1) is 33.4. The average Bonchev–Trinajstić information content (AvgIpc) is 2.76. The minimum absolute atomic E-state index is 0. The van der Waals surface area contributed by atoms with Crippen LogP contribution >= 0.6 is 0 Å². The molecule has 0 fully saturated rings. The van der Waals surface area contributed by atoms with Gasteiger partial charge in [0.2, 0.25) is 0 Å². The topological polar surface area (TPSA) is 0 Å². The third-order valence-corrected chi connectivity index (χ3v) is 7.19. The minimum atomic E-state index is 0. The molecule has 190 valence electrons. The van der Waals surface area contributed by atoms with E-state index in [0.29, 0.717) is 0 Å². The van der Waals surface area contributed by atoms with Gasteiger partial charge in [-0.2, -0.15) is 0 Å². The maximum atomic E-state index is 2.35.